The van der Waals surface area contributed by atoms with Crippen LogP contribution >= 0.6 is 0 Å². The van der Waals surface area contributed by atoms with Gasteiger partial charge in [0, 0.05) is 99.7 Å². The second-order valence-electron chi connectivity index (χ2n) is 32.3. The second-order valence-corrected chi connectivity index (χ2v) is 32.3. The molecule has 10 nitrogen and oxygen atoms in total. The van der Waals surface area contributed by atoms with Gasteiger partial charge in [-0.15, -0.1) is 0 Å². The number of benzene rings is 3. The Morgan fingerprint density at radius 3 is 1.20 bits per heavy atom. The van der Waals surface area contributed by atoms with Crippen LogP contribution in [0.25, 0.3) is 38.8 Å². The molecule has 8 N–H and O–H groups in total. The number of methoxy groups -OCH3 is 1. The molecule has 11 heteroatoms. The number of H-pyrrole nitrogens is 3. The van der Waals surface area contributed by atoms with E-state index in [1.165, 1.54) is 205 Å². The highest BCUT2D eigenvalue weighted by Crippen LogP contribution is 2.59. The van der Waals surface area contributed by atoms with Crippen LogP contribution in [0, 0.1) is 76.8 Å². The predicted molar refractivity (Wildman–Crippen MR) is 346 cm³/mol. The van der Waals surface area contributed by atoms with Crippen molar-refractivity contribution in [1.82, 2.24) is 36.2 Å². The minimum atomic E-state index is -0.171. The monoisotopic (exact) mass is 1170 g/mol. The lowest BCUT2D eigenvalue weighted by molar-refractivity contribution is -0.0208. The molecule has 0 saturated heterocycles. The van der Waals surface area contributed by atoms with E-state index in [4.69, 9.17) is 9.15 Å². The summed E-state index contributed by atoms with van der Waals surface area (Å²) in [5, 5.41) is 28.9. The Morgan fingerprint density at radius 2 is 0.805 bits per heavy atom. The number of fused-ring (bicyclic) bond motifs is 4. The molecule has 0 spiro atoms. The number of halogens is 1. The molecule has 7 aromatic rings. The van der Waals surface area contributed by atoms with Crippen molar-refractivity contribution in [2.75, 3.05) is 13.7 Å². The van der Waals surface area contributed by atoms with Crippen LogP contribution in [0.1, 0.15) is 183 Å². The van der Waals surface area contributed by atoms with Crippen LogP contribution in [0.15, 0.2) is 95.1 Å². The highest BCUT2D eigenvalue weighted by molar-refractivity contribution is 5.83. The van der Waals surface area contributed by atoms with E-state index in [0.29, 0.717) is 27.9 Å². The number of aromatic amines is 3. The minimum Gasteiger partial charge on any atom is -0.508 e. The number of phenolic OH excluding ortho intramolecular Hbond substituents is 1. The summed E-state index contributed by atoms with van der Waals surface area (Å²) >= 11 is 0. The first-order valence-electron chi connectivity index (χ1n) is 34.8. The van der Waals surface area contributed by atoms with Crippen LogP contribution < -0.4 is 26.0 Å². The van der Waals surface area contributed by atoms with Crippen LogP contribution in [-0.2, 0) is 26.1 Å². The molecular weight excluding hydrogens is 1080 g/mol. The summed E-state index contributed by atoms with van der Waals surface area (Å²) in [6.07, 6.45) is 40.0. The van der Waals surface area contributed by atoms with Gasteiger partial charge in [-0.3, -0.25) is 0 Å². The lowest BCUT2D eigenvalue weighted by Gasteiger charge is -2.57. The standard InChI is InChI=1S/C20H26N2O.C19H23FN2.C19H24N2O.C18H23NO/c1-23-18-3-2-16-7-17(22-19(16)8-18)12-21-20-9-13-4-14(10-20)6-15(5-13)11-20;20-16-2-1-15-6-17(22-18(15)7-16)11-21-19-8-12-3-13(9-19)5-14(4-12)10-19;22-17-2-1-15-6-16(21-18(15)7-17)11-20-19-8-12-3-13(9-19)5-14(4-12)10-19;1-2-20-17-7-15(6-16(1)17)11-19-18-8-12-3-13(9-18)5-14(4-12)10-18/h2-3,7-8,13-15,21-22H,4-6,9-12H2,1H3;1-2,6-7,12-14,21-22H,3-5,8-11H2;1-2,6-7,12-14,20-22H,3-5,8-11H2;1-2,7,12-14,19H,3-6,8-11H2. The number of rotatable bonds is 13. The van der Waals surface area contributed by atoms with Crippen LogP contribution in [0.3, 0.4) is 0 Å². The van der Waals surface area contributed by atoms with Gasteiger partial charge in [0.25, 0.3) is 0 Å². The van der Waals surface area contributed by atoms with E-state index >= 15 is 0 Å². The third kappa shape index (κ3) is 11.4. The minimum absolute atomic E-state index is 0.171. The Bertz CT molecular complexity index is 3420. The summed E-state index contributed by atoms with van der Waals surface area (Å²) in [5.74, 6) is 14.1. The van der Waals surface area contributed by atoms with E-state index in [-0.39, 0.29) is 5.82 Å². The number of hydrogen-bond acceptors (Lipinski definition) is 7. The van der Waals surface area contributed by atoms with E-state index < -0.39 is 0 Å². The summed E-state index contributed by atoms with van der Waals surface area (Å²) in [4.78, 5) is 10.4. The summed E-state index contributed by atoms with van der Waals surface area (Å²) in [6, 6.07) is 25.5. The van der Waals surface area contributed by atoms with Crippen molar-refractivity contribution in [2.45, 2.75) is 202 Å². The third-order valence-corrected chi connectivity index (χ3v) is 25.5. The summed E-state index contributed by atoms with van der Waals surface area (Å²) in [6.45, 7) is 3.82. The molecule has 17 aliphatic rings. The molecule has 4 heterocycles. The van der Waals surface area contributed by atoms with Gasteiger partial charge in [-0.1, -0.05) is 0 Å². The van der Waals surface area contributed by atoms with Gasteiger partial charge >= 0.3 is 0 Å². The molecule has 4 aromatic heterocycles. The normalized spacial score (nSPS) is 37.1. The number of furan rings is 1. The van der Waals surface area contributed by atoms with Crippen molar-refractivity contribution in [2.24, 2.45) is 71.0 Å². The molecule has 17 aliphatic carbocycles. The lowest BCUT2D eigenvalue weighted by Crippen LogP contribution is -2.58. The van der Waals surface area contributed by atoms with Gasteiger partial charge in [-0.2, -0.15) is 0 Å². The van der Waals surface area contributed by atoms with E-state index in [1.54, 1.807) is 19.2 Å². The highest BCUT2D eigenvalue weighted by Gasteiger charge is 2.54. The van der Waals surface area contributed by atoms with Crippen LogP contribution in [0.2, 0.25) is 0 Å². The fourth-order valence-electron chi connectivity index (χ4n) is 23.6. The van der Waals surface area contributed by atoms with Gasteiger partial charge in [0.1, 0.15) is 23.1 Å². The Morgan fingerprint density at radius 1 is 0.448 bits per heavy atom. The third-order valence-electron chi connectivity index (χ3n) is 25.5. The van der Waals surface area contributed by atoms with Gasteiger partial charge in [0.05, 0.1) is 13.4 Å². The van der Waals surface area contributed by atoms with Gasteiger partial charge < -0.3 is 50.5 Å². The van der Waals surface area contributed by atoms with Crippen molar-refractivity contribution >= 4 is 38.8 Å². The van der Waals surface area contributed by atoms with Gasteiger partial charge in [-0.25, -0.2) is 4.39 Å². The number of ether oxygens (including phenoxy) is 1. The average Bonchev–Trinajstić information content (AvgIpc) is 1.85. The average molecular weight is 1170 g/mol. The first-order valence-corrected chi connectivity index (χ1v) is 34.8. The molecule has 16 saturated carbocycles. The van der Waals surface area contributed by atoms with Gasteiger partial charge in [0.15, 0.2) is 0 Å². The van der Waals surface area contributed by atoms with Crippen molar-refractivity contribution in [3.63, 3.8) is 0 Å². The number of aromatic hydroxyl groups is 1. The molecule has 16 bridgehead atoms. The summed E-state index contributed by atoms with van der Waals surface area (Å²) in [5.41, 5.74) is 11.4. The van der Waals surface area contributed by atoms with E-state index in [2.05, 4.69) is 78.7 Å². The zero-order valence-corrected chi connectivity index (χ0v) is 51.7. The number of nitrogens with one attached hydrogen (secondary N) is 7. The Labute approximate surface area is 514 Å². The van der Waals surface area contributed by atoms with Crippen LogP contribution in [-0.4, -0.2) is 55.9 Å². The Kier molecular flexibility index (Phi) is 14.1. The molecule has 16 fully saturated rings. The predicted octanol–water partition coefficient (Wildman–Crippen LogP) is 16.3. The lowest BCUT2D eigenvalue weighted by atomic mass is 9.53. The molecule has 0 unspecified atom stereocenters. The fourth-order valence-corrected chi connectivity index (χ4v) is 23.6. The molecule has 87 heavy (non-hydrogen) atoms. The molecule has 0 radical (unpaired) electrons. The summed E-state index contributed by atoms with van der Waals surface area (Å²) < 4.78 is 24.1. The molecule has 0 aliphatic heterocycles. The Balaban J connectivity index is 0.0000000904. The fraction of sp³-hybridized carbons (Fsp3) is 0.605. The van der Waals surface area contributed by atoms with Crippen molar-refractivity contribution in [3.8, 4) is 11.5 Å². The molecular formula is C76H96FN7O3. The zero-order chi connectivity index (χ0) is 58.1. The Hall–Kier alpha value is -5.33. The van der Waals surface area contributed by atoms with Crippen molar-refractivity contribution in [3.05, 3.63) is 125 Å². The maximum Gasteiger partial charge on any atom is 0.130 e. The highest BCUT2D eigenvalue weighted by atomic mass is 19.1. The van der Waals surface area contributed by atoms with Crippen LogP contribution in [0.4, 0.5) is 4.39 Å². The zero-order valence-electron chi connectivity index (χ0n) is 51.7. The summed E-state index contributed by atoms with van der Waals surface area (Å²) in [7, 11) is 1.72. The van der Waals surface area contributed by atoms with E-state index in [9.17, 15) is 9.50 Å². The molecule has 460 valence electrons. The number of hydrogen-bond donors (Lipinski definition) is 8. The van der Waals surface area contributed by atoms with E-state index in [0.717, 1.165) is 132 Å². The maximum atomic E-state index is 13.3. The largest absolute Gasteiger partial charge is 0.508 e. The van der Waals surface area contributed by atoms with E-state index in [1.807, 2.05) is 30.5 Å². The number of phenols is 1. The topological polar surface area (TPSA) is 138 Å². The van der Waals surface area contributed by atoms with Crippen LogP contribution in [0.5, 0.6) is 11.5 Å². The molecule has 0 amide bonds. The SMILES string of the molecule is C1=C(CNC23CC4CC(CC(C4)C2)C3)Cc2ccoc21.COc1ccc2cc(CNC34CC5CC(CC(C5)C3)C4)[nH]c2c1.Fc1ccc2cc(CNC34CC5CC(CC(C5)C3)C4)[nH]c2c1.Oc1ccc2cc(CNC34CC5CC(CC(C5)C3)C4)[nH]c2c1. The molecule has 3 aromatic carbocycles. The van der Waals surface area contributed by atoms with Gasteiger partial charge in [-0.05, 0) is 326 Å². The van der Waals surface area contributed by atoms with Gasteiger partial charge in [0.2, 0.25) is 0 Å². The molecule has 0 atom stereocenters. The van der Waals surface area contributed by atoms with Crippen molar-refractivity contribution in [1.29, 1.82) is 0 Å². The first-order chi connectivity index (χ1) is 42.3. The number of aromatic nitrogens is 3. The smallest absolute Gasteiger partial charge is 0.130 e. The van der Waals surface area contributed by atoms with Crippen molar-refractivity contribution < 1.29 is 18.7 Å². The quantitative estimate of drug-likeness (QED) is 0.0576. The molecule has 24 rings (SSSR count). The maximum absolute atomic E-state index is 13.3. The first kappa shape index (κ1) is 55.7. The second kappa shape index (κ2) is 22.0.